The van der Waals surface area contributed by atoms with E-state index in [1.165, 1.54) is 6.08 Å². The van der Waals surface area contributed by atoms with Gasteiger partial charge in [-0.2, -0.15) is 4.99 Å². The van der Waals surface area contributed by atoms with Gasteiger partial charge in [-0.15, -0.1) is 0 Å². The number of benzene rings is 3. The van der Waals surface area contributed by atoms with Crippen molar-refractivity contribution in [3.8, 4) is 16.9 Å². The molecule has 0 heterocycles. The predicted octanol–water partition coefficient (Wildman–Crippen LogP) is 4.90. The lowest BCUT2D eigenvalue weighted by Crippen LogP contribution is -1.94. The lowest BCUT2D eigenvalue weighted by Gasteiger charge is -2.08. The molecule has 0 saturated carbocycles. The van der Waals surface area contributed by atoms with Crippen LogP contribution in [0.4, 0.5) is 5.69 Å². The van der Waals surface area contributed by atoms with Crippen molar-refractivity contribution in [1.82, 2.24) is 0 Å². The van der Waals surface area contributed by atoms with Crippen LogP contribution >= 0.6 is 0 Å². The first-order chi connectivity index (χ1) is 11.3. The number of hydrogen-bond donors (Lipinski definition) is 0. The molecule has 0 atom stereocenters. The van der Waals surface area contributed by atoms with Crippen LogP contribution in [0.25, 0.3) is 11.1 Å². The lowest BCUT2D eigenvalue weighted by molar-refractivity contribution is 0.306. The molecular formula is C20H15NO2. The molecule has 0 radical (unpaired) electrons. The van der Waals surface area contributed by atoms with Crippen molar-refractivity contribution in [2.75, 3.05) is 0 Å². The fraction of sp³-hybridized carbons (Fsp3) is 0.0500. The van der Waals surface area contributed by atoms with Crippen molar-refractivity contribution >= 4 is 11.8 Å². The molecule has 0 spiro atoms. The summed E-state index contributed by atoms with van der Waals surface area (Å²) in [6, 6.07) is 25.4. The molecule has 112 valence electrons. The van der Waals surface area contributed by atoms with Crippen molar-refractivity contribution in [3.63, 3.8) is 0 Å². The first-order valence-corrected chi connectivity index (χ1v) is 7.30. The zero-order chi connectivity index (χ0) is 15.9. The van der Waals surface area contributed by atoms with Crippen LogP contribution in [-0.2, 0) is 11.4 Å². The fourth-order valence-electron chi connectivity index (χ4n) is 2.29. The minimum Gasteiger partial charge on any atom is -0.489 e. The topological polar surface area (TPSA) is 38.7 Å². The lowest BCUT2D eigenvalue weighted by atomic mass is 10.1. The Balaban J connectivity index is 1.75. The SMILES string of the molecule is O=C=Nc1ccc(-c2cccc(OCc3ccccc3)c2)cc1. The van der Waals surface area contributed by atoms with E-state index in [1.54, 1.807) is 12.1 Å². The number of ether oxygens (including phenoxy) is 1. The summed E-state index contributed by atoms with van der Waals surface area (Å²) in [6.07, 6.45) is 1.54. The number of hydrogen-bond acceptors (Lipinski definition) is 3. The van der Waals surface area contributed by atoms with Crippen molar-refractivity contribution in [1.29, 1.82) is 0 Å². The van der Waals surface area contributed by atoms with E-state index in [-0.39, 0.29) is 0 Å². The van der Waals surface area contributed by atoms with Crippen LogP contribution in [0, 0.1) is 0 Å². The molecule has 23 heavy (non-hydrogen) atoms. The predicted molar refractivity (Wildman–Crippen MR) is 90.4 cm³/mol. The third-order valence-corrected chi connectivity index (χ3v) is 3.46. The van der Waals surface area contributed by atoms with Crippen LogP contribution in [0.15, 0.2) is 83.9 Å². The summed E-state index contributed by atoms with van der Waals surface area (Å²) >= 11 is 0. The maximum Gasteiger partial charge on any atom is 0.240 e. The van der Waals surface area contributed by atoms with Gasteiger partial charge in [0.1, 0.15) is 12.4 Å². The normalized spacial score (nSPS) is 9.91. The zero-order valence-corrected chi connectivity index (χ0v) is 12.5. The van der Waals surface area contributed by atoms with Crippen LogP contribution < -0.4 is 4.74 Å². The highest BCUT2D eigenvalue weighted by Crippen LogP contribution is 2.26. The van der Waals surface area contributed by atoms with Crippen molar-refractivity contribution < 1.29 is 9.53 Å². The first kappa shape index (κ1) is 14.8. The van der Waals surface area contributed by atoms with Gasteiger partial charge in [-0.1, -0.05) is 54.6 Å². The van der Waals surface area contributed by atoms with Crippen LogP contribution in [-0.4, -0.2) is 6.08 Å². The second-order valence-electron chi connectivity index (χ2n) is 5.05. The Kier molecular flexibility index (Phi) is 4.63. The summed E-state index contributed by atoms with van der Waals surface area (Å²) in [5.41, 5.74) is 3.83. The van der Waals surface area contributed by atoms with Crippen molar-refractivity contribution in [3.05, 3.63) is 84.4 Å². The van der Waals surface area contributed by atoms with Gasteiger partial charge in [0.05, 0.1) is 5.69 Å². The molecule has 0 aliphatic carbocycles. The van der Waals surface area contributed by atoms with Crippen molar-refractivity contribution in [2.45, 2.75) is 6.61 Å². The number of isocyanates is 1. The van der Waals surface area contributed by atoms with Gasteiger partial charge in [0, 0.05) is 0 Å². The molecule has 0 unspecified atom stereocenters. The Bertz CT molecular complexity index is 820. The van der Waals surface area contributed by atoms with Gasteiger partial charge < -0.3 is 4.74 Å². The quantitative estimate of drug-likeness (QED) is 0.496. The number of nitrogens with zero attached hydrogens (tertiary/aromatic N) is 1. The highest BCUT2D eigenvalue weighted by Gasteiger charge is 2.01. The van der Waals surface area contributed by atoms with Crippen LogP contribution in [0.2, 0.25) is 0 Å². The van der Waals surface area contributed by atoms with Crippen LogP contribution in [0.5, 0.6) is 5.75 Å². The van der Waals surface area contributed by atoms with E-state index < -0.39 is 0 Å². The average Bonchev–Trinajstić information content (AvgIpc) is 2.62. The Hall–Kier alpha value is -3.16. The molecule has 0 aliphatic rings. The highest BCUT2D eigenvalue weighted by molar-refractivity contribution is 5.67. The summed E-state index contributed by atoms with van der Waals surface area (Å²) in [5, 5.41) is 0. The van der Waals surface area contributed by atoms with Gasteiger partial charge in [0.2, 0.25) is 6.08 Å². The van der Waals surface area contributed by atoms with Gasteiger partial charge in [-0.05, 0) is 41.0 Å². The van der Waals surface area contributed by atoms with E-state index in [0.717, 1.165) is 22.4 Å². The molecule has 3 rings (SSSR count). The summed E-state index contributed by atoms with van der Waals surface area (Å²) in [5.74, 6) is 0.821. The van der Waals surface area contributed by atoms with E-state index >= 15 is 0 Å². The molecule has 0 saturated heterocycles. The minimum atomic E-state index is 0.539. The Morgan fingerprint density at radius 1 is 0.826 bits per heavy atom. The third-order valence-electron chi connectivity index (χ3n) is 3.46. The Morgan fingerprint density at radius 3 is 2.35 bits per heavy atom. The molecule has 3 aromatic rings. The van der Waals surface area contributed by atoms with E-state index in [1.807, 2.05) is 66.7 Å². The highest BCUT2D eigenvalue weighted by atomic mass is 16.5. The second kappa shape index (κ2) is 7.21. The zero-order valence-electron chi connectivity index (χ0n) is 12.5. The Labute approximate surface area is 134 Å². The number of carbonyl (C=O) groups excluding carboxylic acids is 1. The fourth-order valence-corrected chi connectivity index (χ4v) is 2.29. The molecule has 0 fully saturated rings. The smallest absolute Gasteiger partial charge is 0.240 e. The Morgan fingerprint density at radius 2 is 1.61 bits per heavy atom. The number of aliphatic imine (C=N–C) groups is 1. The molecule has 0 bridgehead atoms. The molecule has 0 aliphatic heterocycles. The summed E-state index contributed by atoms with van der Waals surface area (Å²) < 4.78 is 5.85. The molecule has 3 nitrogen and oxygen atoms in total. The summed E-state index contributed by atoms with van der Waals surface area (Å²) in [7, 11) is 0. The van der Waals surface area contributed by atoms with E-state index in [4.69, 9.17) is 4.74 Å². The van der Waals surface area contributed by atoms with Crippen LogP contribution in [0.3, 0.4) is 0 Å². The van der Waals surface area contributed by atoms with Gasteiger partial charge in [0.15, 0.2) is 0 Å². The maximum atomic E-state index is 10.3. The first-order valence-electron chi connectivity index (χ1n) is 7.30. The maximum absolute atomic E-state index is 10.3. The standard InChI is InChI=1S/C20H15NO2/c22-15-21-19-11-9-17(10-12-19)18-7-4-8-20(13-18)23-14-16-5-2-1-3-6-16/h1-13H,14H2. The van der Waals surface area contributed by atoms with E-state index in [9.17, 15) is 4.79 Å². The minimum absolute atomic E-state index is 0.539. The van der Waals surface area contributed by atoms with Crippen LogP contribution in [0.1, 0.15) is 5.56 Å². The van der Waals surface area contributed by atoms with Gasteiger partial charge in [-0.25, -0.2) is 4.79 Å². The van der Waals surface area contributed by atoms with Gasteiger partial charge in [0.25, 0.3) is 0 Å². The van der Waals surface area contributed by atoms with Crippen molar-refractivity contribution in [2.24, 2.45) is 4.99 Å². The molecule has 0 amide bonds. The molecule has 0 aromatic heterocycles. The van der Waals surface area contributed by atoms with E-state index in [2.05, 4.69) is 4.99 Å². The second-order valence-corrected chi connectivity index (χ2v) is 5.05. The largest absolute Gasteiger partial charge is 0.489 e. The molecule has 0 N–H and O–H groups in total. The van der Waals surface area contributed by atoms with E-state index in [0.29, 0.717) is 12.3 Å². The summed E-state index contributed by atoms with van der Waals surface area (Å²) in [6.45, 7) is 0.539. The number of rotatable bonds is 5. The van der Waals surface area contributed by atoms with Gasteiger partial charge in [-0.3, -0.25) is 0 Å². The average molecular weight is 301 g/mol. The molecular weight excluding hydrogens is 286 g/mol. The summed E-state index contributed by atoms with van der Waals surface area (Å²) in [4.78, 5) is 13.8. The van der Waals surface area contributed by atoms with Gasteiger partial charge >= 0.3 is 0 Å². The molecule has 3 heteroatoms. The third kappa shape index (κ3) is 3.94. The monoisotopic (exact) mass is 301 g/mol. The molecule has 3 aromatic carbocycles.